The molecule has 0 saturated carbocycles. The zero-order valence-corrected chi connectivity index (χ0v) is 25.6. The molecule has 0 aliphatic heterocycles. The van der Waals surface area contributed by atoms with E-state index in [0.717, 1.165) is 20.8 Å². The molecule has 2 amide bonds. The van der Waals surface area contributed by atoms with Crippen molar-refractivity contribution in [3.05, 3.63) is 93.4 Å². The smallest absolute Gasteiger partial charge is 0.264 e. The topological polar surface area (TPSA) is 86.8 Å². The van der Waals surface area contributed by atoms with Crippen molar-refractivity contribution in [1.82, 2.24) is 10.2 Å². The molecule has 0 aliphatic rings. The molecule has 1 N–H and O–H groups in total. The first kappa shape index (κ1) is 30.7. The predicted molar refractivity (Wildman–Crippen MR) is 159 cm³/mol. The summed E-state index contributed by atoms with van der Waals surface area (Å²) < 4.78 is 29.7. The molecule has 39 heavy (non-hydrogen) atoms. The molecular weight excluding hydrogens is 602 g/mol. The monoisotopic (exact) mass is 633 g/mol. The number of nitrogens with zero attached hydrogens (tertiary/aromatic N) is 2. The molecule has 0 unspecified atom stereocenters. The third-order valence-corrected chi connectivity index (χ3v) is 9.26. The summed E-state index contributed by atoms with van der Waals surface area (Å²) in [7, 11) is -4.15. The Balaban J connectivity index is 2.05. The Kier molecular flexibility index (Phi) is 10.6. The highest BCUT2D eigenvalue weighted by atomic mass is 79.9. The van der Waals surface area contributed by atoms with Gasteiger partial charge in [-0.15, -0.1) is 0 Å². The van der Waals surface area contributed by atoms with Crippen LogP contribution in [0.25, 0.3) is 0 Å². The summed E-state index contributed by atoms with van der Waals surface area (Å²) >= 11 is 9.77. The van der Waals surface area contributed by atoms with Crippen LogP contribution in [-0.4, -0.2) is 43.8 Å². The van der Waals surface area contributed by atoms with E-state index in [4.69, 9.17) is 11.6 Å². The molecule has 0 bridgehead atoms. The van der Waals surface area contributed by atoms with Crippen molar-refractivity contribution in [2.75, 3.05) is 10.8 Å². The number of anilines is 1. The normalized spacial score (nSPS) is 12.9. The number of nitrogens with one attached hydrogen (secondary N) is 1. The van der Waals surface area contributed by atoms with Crippen LogP contribution in [0.15, 0.2) is 82.2 Å². The first-order valence-corrected chi connectivity index (χ1v) is 15.2. The van der Waals surface area contributed by atoms with Gasteiger partial charge in [-0.25, -0.2) is 8.42 Å². The average Bonchev–Trinajstić information content (AvgIpc) is 2.92. The van der Waals surface area contributed by atoms with E-state index in [1.54, 1.807) is 50.2 Å². The molecule has 0 spiro atoms. The molecule has 2 atom stereocenters. The Labute approximate surface area is 244 Å². The molecule has 0 fully saturated rings. The highest BCUT2D eigenvalue weighted by Gasteiger charge is 2.33. The lowest BCUT2D eigenvalue weighted by molar-refractivity contribution is -0.139. The van der Waals surface area contributed by atoms with Crippen molar-refractivity contribution in [3.8, 4) is 0 Å². The summed E-state index contributed by atoms with van der Waals surface area (Å²) in [5.74, 6) is -0.838. The number of hydrogen-bond acceptors (Lipinski definition) is 4. The van der Waals surface area contributed by atoms with E-state index >= 15 is 0 Å². The van der Waals surface area contributed by atoms with Crippen molar-refractivity contribution in [1.29, 1.82) is 0 Å². The summed E-state index contributed by atoms with van der Waals surface area (Å²) in [5, 5.41) is 3.30. The Morgan fingerprint density at radius 1 is 0.974 bits per heavy atom. The predicted octanol–water partition coefficient (Wildman–Crippen LogP) is 5.94. The molecule has 0 radical (unpaired) electrons. The van der Waals surface area contributed by atoms with Crippen LogP contribution in [0.5, 0.6) is 0 Å². The minimum Gasteiger partial charge on any atom is -0.352 e. The molecule has 10 heteroatoms. The lowest BCUT2D eigenvalue weighted by atomic mass is 10.1. The van der Waals surface area contributed by atoms with E-state index in [1.165, 1.54) is 17.0 Å². The van der Waals surface area contributed by atoms with E-state index in [1.807, 2.05) is 38.1 Å². The van der Waals surface area contributed by atoms with Gasteiger partial charge in [0.25, 0.3) is 10.0 Å². The number of sulfonamides is 1. The highest BCUT2D eigenvalue weighted by Crippen LogP contribution is 2.31. The molecule has 3 aromatic carbocycles. The van der Waals surface area contributed by atoms with Crippen LogP contribution in [0.1, 0.15) is 38.3 Å². The SMILES string of the molecule is CC[C@@H](C)NC(=O)[C@@H](C)N(Cc1ccc(Br)cc1)C(=O)CN(c1cccc(Cl)c1C)S(=O)(=O)c1ccccc1. The highest BCUT2D eigenvalue weighted by molar-refractivity contribution is 9.10. The van der Waals surface area contributed by atoms with Crippen molar-refractivity contribution < 1.29 is 18.0 Å². The van der Waals surface area contributed by atoms with E-state index in [9.17, 15) is 18.0 Å². The molecule has 0 heterocycles. The van der Waals surface area contributed by atoms with Crippen LogP contribution >= 0.6 is 27.5 Å². The summed E-state index contributed by atoms with van der Waals surface area (Å²) in [5.41, 5.74) is 1.61. The Bertz CT molecular complexity index is 1400. The van der Waals surface area contributed by atoms with Gasteiger partial charge >= 0.3 is 0 Å². The maximum absolute atomic E-state index is 14.0. The number of hydrogen-bond donors (Lipinski definition) is 1. The third-order valence-electron chi connectivity index (χ3n) is 6.55. The first-order valence-electron chi connectivity index (χ1n) is 12.6. The van der Waals surface area contributed by atoms with Gasteiger partial charge in [0.2, 0.25) is 11.8 Å². The Hall–Kier alpha value is -2.88. The van der Waals surface area contributed by atoms with E-state index < -0.39 is 28.5 Å². The summed E-state index contributed by atoms with van der Waals surface area (Å²) in [6, 6.07) is 19.3. The second-order valence-electron chi connectivity index (χ2n) is 9.35. The number of carbonyl (C=O) groups excluding carboxylic acids is 2. The number of benzene rings is 3. The third kappa shape index (κ3) is 7.62. The number of rotatable bonds is 11. The van der Waals surface area contributed by atoms with Gasteiger partial charge in [0.15, 0.2) is 0 Å². The van der Waals surface area contributed by atoms with Gasteiger partial charge in [0, 0.05) is 22.1 Å². The van der Waals surface area contributed by atoms with E-state index in [0.29, 0.717) is 16.3 Å². The maximum atomic E-state index is 14.0. The van der Waals surface area contributed by atoms with Crippen molar-refractivity contribution in [2.24, 2.45) is 0 Å². The molecule has 3 aromatic rings. The second kappa shape index (κ2) is 13.5. The summed E-state index contributed by atoms with van der Waals surface area (Å²) in [6.45, 7) is 6.80. The Morgan fingerprint density at radius 2 is 1.62 bits per heavy atom. The number of amides is 2. The van der Waals surface area contributed by atoms with Crippen molar-refractivity contribution in [3.63, 3.8) is 0 Å². The van der Waals surface area contributed by atoms with Crippen molar-refractivity contribution >= 4 is 55.1 Å². The van der Waals surface area contributed by atoms with Gasteiger partial charge in [0.05, 0.1) is 10.6 Å². The quantitative estimate of drug-likeness (QED) is 0.283. The molecule has 208 valence electrons. The van der Waals surface area contributed by atoms with Crippen LogP contribution in [0, 0.1) is 6.92 Å². The molecule has 0 saturated heterocycles. The van der Waals surface area contributed by atoms with Crippen LogP contribution < -0.4 is 9.62 Å². The maximum Gasteiger partial charge on any atom is 0.264 e. The van der Waals surface area contributed by atoms with Crippen LogP contribution in [0.2, 0.25) is 5.02 Å². The fraction of sp³-hybridized carbons (Fsp3) is 0.310. The van der Waals surface area contributed by atoms with Gasteiger partial charge in [-0.3, -0.25) is 13.9 Å². The fourth-order valence-corrected chi connectivity index (χ4v) is 5.86. The van der Waals surface area contributed by atoms with Crippen LogP contribution in [0.3, 0.4) is 0 Å². The van der Waals surface area contributed by atoms with Gasteiger partial charge in [-0.2, -0.15) is 0 Å². The Morgan fingerprint density at radius 3 is 2.23 bits per heavy atom. The number of carbonyl (C=O) groups is 2. The largest absolute Gasteiger partial charge is 0.352 e. The molecule has 0 aliphatic carbocycles. The summed E-state index contributed by atoms with van der Waals surface area (Å²) in [4.78, 5) is 28.5. The van der Waals surface area contributed by atoms with Gasteiger partial charge < -0.3 is 10.2 Å². The zero-order chi connectivity index (χ0) is 28.7. The minimum atomic E-state index is -4.15. The molecule has 0 aromatic heterocycles. The lowest BCUT2D eigenvalue weighted by Crippen LogP contribution is -2.52. The van der Waals surface area contributed by atoms with E-state index in [2.05, 4.69) is 21.2 Å². The first-order chi connectivity index (χ1) is 18.4. The lowest BCUT2D eigenvalue weighted by Gasteiger charge is -2.33. The number of halogens is 2. The molecular formula is C29H33BrClN3O4S. The van der Waals surface area contributed by atoms with Gasteiger partial charge in [-0.1, -0.05) is 70.9 Å². The minimum absolute atomic E-state index is 0.0409. The van der Waals surface area contributed by atoms with Crippen LogP contribution in [0.4, 0.5) is 5.69 Å². The molecule has 3 rings (SSSR count). The second-order valence-corrected chi connectivity index (χ2v) is 12.5. The van der Waals surface area contributed by atoms with E-state index in [-0.39, 0.29) is 23.4 Å². The molecule has 7 nitrogen and oxygen atoms in total. The fourth-order valence-electron chi connectivity index (χ4n) is 3.93. The standard InChI is InChI=1S/C29H33BrClN3O4S/c1-5-20(2)32-29(36)22(4)33(18-23-14-16-24(30)17-15-23)28(35)19-34(27-13-9-12-26(31)21(27)3)39(37,38)25-10-7-6-8-11-25/h6-17,20,22H,5,18-19H2,1-4H3,(H,32,36)/t20-,22-/m1/s1. The summed E-state index contributed by atoms with van der Waals surface area (Å²) in [6.07, 6.45) is 0.732. The van der Waals surface area contributed by atoms with Gasteiger partial charge in [-0.05, 0) is 74.7 Å². The van der Waals surface area contributed by atoms with Crippen LogP contribution in [-0.2, 0) is 26.2 Å². The van der Waals surface area contributed by atoms with Crippen molar-refractivity contribution in [2.45, 2.75) is 57.6 Å². The van der Waals surface area contributed by atoms with Gasteiger partial charge in [0.1, 0.15) is 12.6 Å². The zero-order valence-electron chi connectivity index (χ0n) is 22.4. The average molecular weight is 635 g/mol.